The lowest BCUT2D eigenvalue weighted by atomic mass is 9.88. The van der Waals surface area contributed by atoms with Crippen molar-refractivity contribution >= 4 is 5.91 Å². The molecule has 1 saturated heterocycles. The Morgan fingerprint density at radius 1 is 1.42 bits per heavy atom. The van der Waals surface area contributed by atoms with Crippen molar-refractivity contribution in [2.45, 2.75) is 45.8 Å². The molecule has 1 aromatic rings. The Morgan fingerprint density at radius 3 is 2.81 bits per heavy atom. The van der Waals surface area contributed by atoms with Crippen molar-refractivity contribution in [2.75, 3.05) is 19.7 Å². The summed E-state index contributed by atoms with van der Waals surface area (Å²) in [5.41, 5.74) is -1.93. The molecule has 2 heterocycles. The highest BCUT2D eigenvalue weighted by Gasteiger charge is 2.37. The third-order valence-electron chi connectivity index (χ3n) is 4.71. The predicted octanol–water partition coefficient (Wildman–Crippen LogP) is 3.01. The first-order chi connectivity index (χ1) is 12.1. The molecule has 2 N–H and O–H groups in total. The molecule has 1 fully saturated rings. The standard InChI is InChI=1S/C18H26F3N3O2/c1-4-12-10-22-9-7-14(12)24-16(25)17(2,3)11-26-15-13(18(19,20)21)6-5-8-23-15/h5-6,8,12,14,22H,4,7,9-11H2,1-3H3,(H,24,25)/t12-,14-/m1/s1. The van der Waals surface area contributed by atoms with E-state index in [1.54, 1.807) is 13.8 Å². The summed E-state index contributed by atoms with van der Waals surface area (Å²) < 4.78 is 44.3. The Labute approximate surface area is 151 Å². The maximum absolute atomic E-state index is 13.0. The molecule has 2 atom stereocenters. The number of pyridine rings is 1. The number of carbonyl (C=O) groups is 1. The van der Waals surface area contributed by atoms with Gasteiger partial charge < -0.3 is 15.4 Å². The van der Waals surface area contributed by atoms with Gasteiger partial charge in [-0.25, -0.2) is 4.98 Å². The van der Waals surface area contributed by atoms with E-state index in [9.17, 15) is 18.0 Å². The van der Waals surface area contributed by atoms with Crippen LogP contribution in [0.3, 0.4) is 0 Å². The van der Waals surface area contributed by atoms with Crippen molar-refractivity contribution in [3.63, 3.8) is 0 Å². The van der Waals surface area contributed by atoms with E-state index in [1.165, 1.54) is 12.3 Å². The maximum Gasteiger partial charge on any atom is 0.421 e. The number of piperidine rings is 1. The van der Waals surface area contributed by atoms with E-state index in [0.717, 1.165) is 32.0 Å². The third kappa shape index (κ3) is 5.09. The first-order valence-electron chi connectivity index (χ1n) is 8.82. The second kappa shape index (κ2) is 8.24. The van der Waals surface area contributed by atoms with Crippen LogP contribution < -0.4 is 15.4 Å². The van der Waals surface area contributed by atoms with Crippen LogP contribution in [0.25, 0.3) is 0 Å². The molecule has 1 amide bonds. The number of ether oxygens (including phenoxy) is 1. The fourth-order valence-corrected chi connectivity index (χ4v) is 2.94. The van der Waals surface area contributed by atoms with E-state index in [-0.39, 0.29) is 18.6 Å². The number of alkyl halides is 3. The topological polar surface area (TPSA) is 63.2 Å². The van der Waals surface area contributed by atoms with E-state index in [1.807, 2.05) is 0 Å². The van der Waals surface area contributed by atoms with Crippen molar-refractivity contribution in [3.05, 3.63) is 23.9 Å². The number of nitrogens with one attached hydrogen (secondary N) is 2. The molecule has 0 aliphatic carbocycles. The maximum atomic E-state index is 13.0. The summed E-state index contributed by atoms with van der Waals surface area (Å²) in [7, 11) is 0. The summed E-state index contributed by atoms with van der Waals surface area (Å²) in [6, 6.07) is 2.18. The van der Waals surface area contributed by atoms with Crippen molar-refractivity contribution in [1.29, 1.82) is 0 Å². The minimum atomic E-state index is -4.56. The zero-order valence-corrected chi connectivity index (χ0v) is 15.3. The molecule has 1 aliphatic heterocycles. The Morgan fingerprint density at radius 2 is 2.15 bits per heavy atom. The second-order valence-corrected chi connectivity index (χ2v) is 7.27. The Kier molecular flexibility index (Phi) is 6.49. The van der Waals surface area contributed by atoms with Crippen LogP contribution in [0.15, 0.2) is 18.3 Å². The monoisotopic (exact) mass is 373 g/mol. The zero-order chi connectivity index (χ0) is 19.4. The van der Waals surface area contributed by atoms with Gasteiger partial charge in [0, 0.05) is 12.2 Å². The first-order valence-corrected chi connectivity index (χ1v) is 8.82. The molecule has 0 radical (unpaired) electrons. The molecule has 146 valence electrons. The van der Waals surface area contributed by atoms with Gasteiger partial charge in [-0.2, -0.15) is 13.2 Å². The number of halogens is 3. The van der Waals surface area contributed by atoms with Crippen LogP contribution in [0.4, 0.5) is 13.2 Å². The van der Waals surface area contributed by atoms with Gasteiger partial charge >= 0.3 is 6.18 Å². The van der Waals surface area contributed by atoms with Crippen LogP contribution in [-0.4, -0.2) is 36.6 Å². The van der Waals surface area contributed by atoms with E-state index in [0.29, 0.717) is 5.92 Å². The summed E-state index contributed by atoms with van der Waals surface area (Å²) in [6.45, 7) is 6.87. The van der Waals surface area contributed by atoms with Gasteiger partial charge in [0.25, 0.3) is 0 Å². The number of hydrogen-bond acceptors (Lipinski definition) is 4. The average Bonchev–Trinajstić information content (AvgIpc) is 2.60. The zero-order valence-electron chi connectivity index (χ0n) is 15.3. The molecule has 26 heavy (non-hydrogen) atoms. The molecule has 1 aliphatic rings. The van der Waals surface area contributed by atoms with Crippen LogP contribution in [0, 0.1) is 11.3 Å². The predicted molar refractivity (Wildman–Crippen MR) is 91.7 cm³/mol. The van der Waals surface area contributed by atoms with Crippen LogP contribution >= 0.6 is 0 Å². The lowest BCUT2D eigenvalue weighted by Crippen LogP contribution is -2.53. The summed E-state index contributed by atoms with van der Waals surface area (Å²) in [4.78, 5) is 16.3. The van der Waals surface area contributed by atoms with Crippen molar-refractivity contribution in [1.82, 2.24) is 15.6 Å². The highest BCUT2D eigenvalue weighted by Crippen LogP contribution is 2.35. The molecule has 0 bridgehead atoms. The summed E-state index contributed by atoms with van der Waals surface area (Å²) in [6.07, 6.45) is -1.55. The average molecular weight is 373 g/mol. The summed E-state index contributed by atoms with van der Waals surface area (Å²) in [5, 5.41) is 6.34. The van der Waals surface area contributed by atoms with Gasteiger partial charge in [0.15, 0.2) is 0 Å². The highest BCUT2D eigenvalue weighted by molar-refractivity contribution is 5.82. The minimum absolute atomic E-state index is 0.0635. The third-order valence-corrected chi connectivity index (χ3v) is 4.71. The van der Waals surface area contributed by atoms with Gasteiger partial charge in [-0.05, 0) is 51.4 Å². The number of amides is 1. The van der Waals surface area contributed by atoms with Gasteiger partial charge in [0.1, 0.15) is 12.2 Å². The SMILES string of the molecule is CC[C@@H]1CNCC[C@H]1NC(=O)C(C)(C)COc1ncccc1C(F)(F)F. The minimum Gasteiger partial charge on any atom is -0.476 e. The fraction of sp³-hybridized carbons (Fsp3) is 0.667. The normalized spacial score (nSPS) is 21.3. The van der Waals surface area contributed by atoms with E-state index >= 15 is 0 Å². The molecule has 1 aromatic heterocycles. The Bertz CT molecular complexity index is 620. The van der Waals surface area contributed by atoms with Gasteiger partial charge in [-0.3, -0.25) is 4.79 Å². The number of rotatable bonds is 6. The smallest absolute Gasteiger partial charge is 0.421 e. The molecule has 0 spiro atoms. The van der Waals surface area contributed by atoms with Crippen LogP contribution in [0.5, 0.6) is 5.88 Å². The summed E-state index contributed by atoms with van der Waals surface area (Å²) in [5.74, 6) is -0.390. The lowest BCUT2D eigenvalue weighted by molar-refractivity contribution is -0.139. The molecular weight excluding hydrogens is 347 g/mol. The number of hydrogen-bond donors (Lipinski definition) is 2. The Hall–Kier alpha value is -1.83. The molecule has 0 unspecified atom stereocenters. The highest BCUT2D eigenvalue weighted by atomic mass is 19.4. The quantitative estimate of drug-likeness (QED) is 0.805. The molecule has 5 nitrogen and oxygen atoms in total. The number of aromatic nitrogens is 1. The van der Waals surface area contributed by atoms with Crippen LogP contribution in [0.1, 0.15) is 39.2 Å². The van der Waals surface area contributed by atoms with E-state index in [2.05, 4.69) is 22.5 Å². The molecule has 0 saturated carbocycles. The van der Waals surface area contributed by atoms with E-state index in [4.69, 9.17) is 4.74 Å². The number of nitrogens with zero attached hydrogens (tertiary/aromatic N) is 1. The fourth-order valence-electron chi connectivity index (χ4n) is 2.94. The molecule has 2 rings (SSSR count). The van der Waals surface area contributed by atoms with Gasteiger partial charge in [-0.1, -0.05) is 13.3 Å². The second-order valence-electron chi connectivity index (χ2n) is 7.27. The van der Waals surface area contributed by atoms with Crippen molar-refractivity contribution in [2.24, 2.45) is 11.3 Å². The van der Waals surface area contributed by atoms with Gasteiger partial charge in [0.2, 0.25) is 11.8 Å². The van der Waals surface area contributed by atoms with Gasteiger partial charge in [0.05, 0.1) is 5.41 Å². The Balaban J connectivity index is 2.01. The largest absolute Gasteiger partial charge is 0.476 e. The number of carbonyl (C=O) groups excluding carboxylic acids is 1. The van der Waals surface area contributed by atoms with E-state index < -0.39 is 23.0 Å². The van der Waals surface area contributed by atoms with Crippen molar-refractivity contribution < 1.29 is 22.7 Å². The molecule has 8 heteroatoms. The van der Waals surface area contributed by atoms with Crippen LogP contribution in [-0.2, 0) is 11.0 Å². The van der Waals surface area contributed by atoms with Gasteiger partial charge in [-0.15, -0.1) is 0 Å². The first kappa shape index (κ1) is 20.5. The molecular formula is C18H26F3N3O2. The molecule has 0 aromatic carbocycles. The van der Waals surface area contributed by atoms with Crippen molar-refractivity contribution in [3.8, 4) is 5.88 Å². The lowest BCUT2D eigenvalue weighted by Gasteiger charge is -2.34. The van der Waals surface area contributed by atoms with Crippen LogP contribution in [0.2, 0.25) is 0 Å². The summed E-state index contributed by atoms with van der Waals surface area (Å²) >= 11 is 0.